The molecule has 0 aromatic carbocycles. The number of carboxylic acid groups (broad SMARTS) is 2. The summed E-state index contributed by atoms with van der Waals surface area (Å²) in [5.41, 5.74) is 10.2. The van der Waals surface area contributed by atoms with Crippen LogP contribution in [0.4, 0.5) is 0 Å². The molecule has 1 unspecified atom stereocenters. The molecular weight excluding hydrogens is 372 g/mol. The molecule has 13 heteroatoms. The average molecular weight is 394 g/mol. The molecule has 0 rings (SSSR count). The molecule has 0 aromatic rings. The van der Waals surface area contributed by atoms with Gasteiger partial charge in [0.2, 0.25) is 17.7 Å². The Morgan fingerprint density at radius 2 is 1.69 bits per heavy atom. The van der Waals surface area contributed by atoms with E-state index in [-0.39, 0.29) is 24.3 Å². The second kappa shape index (κ2) is 12.1. The van der Waals surface area contributed by atoms with Crippen molar-refractivity contribution in [2.45, 2.75) is 31.0 Å². The lowest BCUT2D eigenvalue weighted by Crippen LogP contribution is -2.49. The molecule has 9 N–H and O–H groups in total. The van der Waals surface area contributed by atoms with Crippen LogP contribution in [-0.2, 0) is 24.0 Å². The molecule has 0 aliphatic rings. The number of aliphatic hydroxyl groups is 1. The second-order valence-electron chi connectivity index (χ2n) is 5.17. The largest absolute Gasteiger partial charge is 0.480 e. The lowest BCUT2D eigenvalue weighted by molar-refractivity contribution is -0.139. The Hall–Kier alpha value is -2.38. The third kappa shape index (κ3) is 10.5. The molecule has 12 nitrogen and oxygen atoms in total. The van der Waals surface area contributed by atoms with Crippen molar-refractivity contribution < 1.29 is 39.3 Å². The summed E-state index contributed by atoms with van der Waals surface area (Å²) in [5, 5.41) is 31.0. The van der Waals surface area contributed by atoms with Crippen LogP contribution in [0, 0.1) is 0 Å². The first-order valence-electron chi connectivity index (χ1n) is 7.37. The van der Waals surface area contributed by atoms with Gasteiger partial charge in [-0.3, -0.25) is 24.0 Å². The molecular formula is C13H22N4O8S. The maximum Gasteiger partial charge on any atom is 0.322 e. The van der Waals surface area contributed by atoms with E-state index in [4.69, 9.17) is 21.7 Å². The van der Waals surface area contributed by atoms with E-state index < -0.39 is 54.4 Å². The first kappa shape index (κ1) is 23.6. The highest BCUT2D eigenvalue weighted by atomic mass is 32.2. The van der Waals surface area contributed by atoms with Gasteiger partial charge in [-0.25, -0.2) is 0 Å². The highest BCUT2D eigenvalue weighted by molar-refractivity contribution is 7.99. The van der Waals surface area contributed by atoms with Crippen LogP contribution in [-0.4, -0.2) is 81.2 Å². The molecule has 26 heavy (non-hydrogen) atoms. The van der Waals surface area contributed by atoms with Crippen LogP contribution >= 0.6 is 11.8 Å². The van der Waals surface area contributed by atoms with Crippen molar-refractivity contribution in [3.8, 4) is 0 Å². The molecule has 0 spiro atoms. The van der Waals surface area contributed by atoms with Gasteiger partial charge in [-0.05, 0) is 6.42 Å². The van der Waals surface area contributed by atoms with E-state index in [0.29, 0.717) is 0 Å². The van der Waals surface area contributed by atoms with Crippen molar-refractivity contribution >= 4 is 41.4 Å². The third-order valence-corrected chi connectivity index (χ3v) is 4.07. The molecule has 0 aliphatic heterocycles. The number of nitrogens with two attached hydrogens (primary N) is 2. The summed E-state index contributed by atoms with van der Waals surface area (Å²) in [6, 6.07) is -2.40. The van der Waals surface area contributed by atoms with Crippen LogP contribution in [0.5, 0.6) is 0 Å². The Balaban J connectivity index is 4.67. The van der Waals surface area contributed by atoms with Crippen molar-refractivity contribution in [3.05, 3.63) is 0 Å². The maximum atomic E-state index is 12.0. The Labute approximate surface area is 152 Å². The van der Waals surface area contributed by atoms with Crippen LogP contribution in [0.1, 0.15) is 12.8 Å². The van der Waals surface area contributed by atoms with Crippen molar-refractivity contribution in [3.63, 3.8) is 0 Å². The first-order chi connectivity index (χ1) is 12.0. The van der Waals surface area contributed by atoms with Crippen molar-refractivity contribution in [2.24, 2.45) is 11.5 Å². The number of thioether (sulfide) groups is 1. The van der Waals surface area contributed by atoms with E-state index in [2.05, 4.69) is 10.6 Å². The van der Waals surface area contributed by atoms with Crippen molar-refractivity contribution in [2.75, 3.05) is 18.1 Å². The van der Waals surface area contributed by atoms with E-state index in [1.54, 1.807) is 0 Å². The Kier molecular flexibility index (Phi) is 10.9. The minimum absolute atomic E-state index is 0.0769. The number of hydrogen-bond donors (Lipinski definition) is 7. The van der Waals surface area contributed by atoms with Crippen LogP contribution < -0.4 is 22.1 Å². The monoisotopic (exact) mass is 394 g/mol. The molecule has 0 saturated carbocycles. The van der Waals surface area contributed by atoms with Gasteiger partial charge >= 0.3 is 11.9 Å². The standard InChI is InChI=1S/C13H22N4O8S/c14-6(13(24)25)1-2-9(19)17-7(12(23)16-3-10(20)21)4-26-5-8(18)11(15)22/h6-8,18H,1-5,14H2,(H2,15,22)(H,16,23)(H,17,19)(H,20,21)(H,24,25)/t6-,7-,8?/m0/s1. The Morgan fingerprint density at radius 3 is 2.19 bits per heavy atom. The predicted octanol–water partition coefficient (Wildman–Crippen LogP) is -3.56. The van der Waals surface area contributed by atoms with Gasteiger partial charge in [0.15, 0.2) is 0 Å². The average Bonchev–Trinajstić information content (AvgIpc) is 2.55. The van der Waals surface area contributed by atoms with E-state index in [9.17, 15) is 29.1 Å². The fourth-order valence-corrected chi connectivity index (χ4v) is 2.52. The van der Waals surface area contributed by atoms with Gasteiger partial charge in [0.25, 0.3) is 0 Å². The number of aliphatic carboxylic acids is 2. The smallest absolute Gasteiger partial charge is 0.322 e. The molecule has 3 amide bonds. The lowest BCUT2D eigenvalue weighted by atomic mass is 10.1. The normalized spacial score (nSPS) is 13.9. The zero-order chi connectivity index (χ0) is 20.3. The van der Waals surface area contributed by atoms with E-state index >= 15 is 0 Å². The quantitative estimate of drug-likeness (QED) is 0.163. The van der Waals surface area contributed by atoms with Gasteiger partial charge in [0.1, 0.15) is 24.7 Å². The zero-order valence-corrected chi connectivity index (χ0v) is 14.5. The number of hydrogen-bond acceptors (Lipinski definition) is 8. The predicted molar refractivity (Wildman–Crippen MR) is 89.9 cm³/mol. The van der Waals surface area contributed by atoms with Gasteiger partial charge in [0, 0.05) is 17.9 Å². The number of aliphatic hydroxyl groups excluding tert-OH is 1. The molecule has 0 heterocycles. The molecule has 0 fully saturated rings. The van der Waals surface area contributed by atoms with Gasteiger partial charge in [0.05, 0.1) is 0 Å². The fourth-order valence-electron chi connectivity index (χ4n) is 1.53. The molecule has 148 valence electrons. The molecule has 0 bridgehead atoms. The lowest BCUT2D eigenvalue weighted by Gasteiger charge is -2.18. The topological polar surface area (TPSA) is 222 Å². The third-order valence-electron chi connectivity index (χ3n) is 2.95. The summed E-state index contributed by atoms with van der Waals surface area (Å²) in [6.45, 7) is -0.663. The number of carbonyl (C=O) groups is 5. The molecule has 3 atom stereocenters. The highest BCUT2D eigenvalue weighted by Crippen LogP contribution is 2.07. The minimum atomic E-state index is -1.44. The van der Waals surface area contributed by atoms with Crippen LogP contribution in [0.2, 0.25) is 0 Å². The van der Waals surface area contributed by atoms with Crippen LogP contribution in [0.3, 0.4) is 0 Å². The van der Waals surface area contributed by atoms with Crippen LogP contribution in [0.15, 0.2) is 0 Å². The summed E-state index contributed by atoms with van der Waals surface area (Å²) in [5.74, 6) is -5.16. The molecule has 0 aliphatic carbocycles. The molecule has 0 saturated heterocycles. The van der Waals surface area contributed by atoms with Gasteiger partial charge < -0.3 is 37.4 Å². The Bertz CT molecular complexity index is 544. The van der Waals surface area contributed by atoms with Gasteiger partial charge in [-0.2, -0.15) is 11.8 Å². The van der Waals surface area contributed by atoms with Crippen molar-refractivity contribution in [1.82, 2.24) is 10.6 Å². The summed E-state index contributed by atoms with van der Waals surface area (Å²) in [7, 11) is 0. The summed E-state index contributed by atoms with van der Waals surface area (Å²) >= 11 is 0.939. The highest BCUT2D eigenvalue weighted by Gasteiger charge is 2.23. The number of carbonyl (C=O) groups excluding carboxylic acids is 3. The van der Waals surface area contributed by atoms with Gasteiger partial charge in [-0.15, -0.1) is 0 Å². The summed E-state index contributed by atoms with van der Waals surface area (Å²) in [4.78, 5) is 55.7. The van der Waals surface area contributed by atoms with Gasteiger partial charge in [-0.1, -0.05) is 0 Å². The van der Waals surface area contributed by atoms with E-state index in [1.807, 2.05) is 0 Å². The fraction of sp³-hybridized carbons (Fsp3) is 0.615. The van der Waals surface area contributed by atoms with E-state index in [1.165, 1.54) is 0 Å². The number of amides is 3. The maximum absolute atomic E-state index is 12.0. The molecule has 0 radical (unpaired) electrons. The number of carboxylic acids is 2. The first-order valence-corrected chi connectivity index (χ1v) is 8.52. The SMILES string of the molecule is NC(=O)C(O)CSC[C@H](NC(=O)CC[C@H](N)C(=O)O)C(=O)NCC(=O)O. The van der Waals surface area contributed by atoms with Crippen LogP contribution in [0.25, 0.3) is 0 Å². The van der Waals surface area contributed by atoms with Crippen molar-refractivity contribution in [1.29, 1.82) is 0 Å². The molecule has 0 aromatic heterocycles. The minimum Gasteiger partial charge on any atom is -0.480 e. The van der Waals surface area contributed by atoms with E-state index in [0.717, 1.165) is 11.8 Å². The Morgan fingerprint density at radius 1 is 1.08 bits per heavy atom. The summed E-state index contributed by atoms with van der Waals surface area (Å²) in [6.07, 6.45) is -1.85. The summed E-state index contributed by atoms with van der Waals surface area (Å²) < 4.78 is 0. The number of nitrogens with one attached hydrogen (secondary N) is 2. The second-order valence-corrected chi connectivity index (χ2v) is 6.25. The number of primary amides is 1. The zero-order valence-electron chi connectivity index (χ0n) is 13.7. The number of rotatable bonds is 13.